The SMILES string of the molecule is CC(=O)C(C#N)C1COC1. The van der Waals surface area contributed by atoms with E-state index in [9.17, 15) is 4.79 Å². The van der Waals surface area contributed by atoms with Crippen molar-refractivity contribution in [3.63, 3.8) is 0 Å². The molecule has 3 nitrogen and oxygen atoms in total. The van der Waals surface area contributed by atoms with Crippen LogP contribution in [0.15, 0.2) is 0 Å². The summed E-state index contributed by atoms with van der Waals surface area (Å²) in [6.45, 7) is 2.59. The number of nitriles is 1. The van der Waals surface area contributed by atoms with Crippen molar-refractivity contribution >= 4 is 5.78 Å². The molecule has 3 heteroatoms. The molecule has 1 aliphatic rings. The minimum absolute atomic E-state index is 0.0456. The van der Waals surface area contributed by atoms with E-state index in [4.69, 9.17) is 10.00 Å². The second-order valence-corrected chi connectivity index (χ2v) is 2.51. The van der Waals surface area contributed by atoms with Crippen LogP contribution in [0.3, 0.4) is 0 Å². The molecule has 1 fully saturated rings. The van der Waals surface area contributed by atoms with Crippen molar-refractivity contribution < 1.29 is 9.53 Å². The Hall–Kier alpha value is -0.880. The average molecular weight is 139 g/mol. The van der Waals surface area contributed by atoms with Crippen molar-refractivity contribution in [2.75, 3.05) is 13.2 Å². The third kappa shape index (κ3) is 1.17. The second kappa shape index (κ2) is 2.80. The lowest BCUT2D eigenvalue weighted by Gasteiger charge is -2.28. The number of carbonyl (C=O) groups excluding carboxylic acids is 1. The summed E-state index contributed by atoms with van der Waals surface area (Å²) in [5, 5.41) is 8.51. The average Bonchev–Trinajstić information content (AvgIpc) is 1.76. The lowest BCUT2D eigenvalue weighted by atomic mass is 9.89. The van der Waals surface area contributed by atoms with Gasteiger partial charge in [0.1, 0.15) is 11.7 Å². The molecule has 0 N–H and O–H groups in total. The minimum Gasteiger partial charge on any atom is -0.381 e. The minimum atomic E-state index is -0.436. The van der Waals surface area contributed by atoms with E-state index < -0.39 is 5.92 Å². The van der Waals surface area contributed by atoms with Crippen molar-refractivity contribution in [1.82, 2.24) is 0 Å². The summed E-state index contributed by atoms with van der Waals surface area (Å²) in [5.41, 5.74) is 0. The van der Waals surface area contributed by atoms with Crippen LogP contribution in [0.1, 0.15) is 6.92 Å². The molecule has 0 aromatic carbocycles. The van der Waals surface area contributed by atoms with Crippen molar-refractivity contribution in [3.8, 4) is 6.07 Å². The van der Waals surface area contributed by atoms with Crippen molar-refractivity contribution in [2.24, 2.45) is 11.8 Å². The maximum Gasteiger partial charge on any atom is 0.147 e. The zero-order valence-electron chi connectivity index (χ0n) is 5.83. The Balaban J connectivity index is 2.49. The molecule has 0 aliphatic carbocycles. The lowest BCUT2D eigenvalue weighted by Crippen LogP contribution is -2.36. The maximum atomic E-state index is 10.7. The van der Waals surface area contributed by atoms with Gasteiger partial charge in [0.05, 0.1) is 19.3 Å². The summed E-state index contributed by atoms with van der Waals surface area (Å²) in [7, 11) is 0. The van der Waals surface area contributed by atoms with E-state index in [1.54, 1.807) is 0 Å². The predicted molar refractivity (Wildman–Crippen MR) is 34.1 cm³/mol. The fourth-order valence-corrected chi connectivity index (χ4v) is 0.975. The van der Waals surface area contributed by atoms with E-state index in [-0.39, 0.29) is 11.7 Å². The van der Waals surface area contributed by atoms with E-state index in [0.29, 0.717) is 13.2 Å². The molecule has 1 atom stereocenters. The normalized spacial score (nSPS) is 20.8. The van der Waals surface area contributed by atoms with Gasteiger partial charge in [-0.25, -0.2) is 0 Å². The molecule has 1 rings (SSSR count). The fourth-order valence-electron chi connectivity index (χ4n) is 0.975. The molecule has 0 aromatic heterocycles. The first-order chi connectivity index (χ1) is 4.75. The van der Waals surface area contributed by atoms with Crippen LogP contribution in [0.2, 0.25) is 0 Å². The maximum absolute atomic E-state index is 10.7. The first-order valence-corrected chi connectivity index (χ1v) is 3.23. The number of carbonyl (C=O) groups is 1. The summed E-state index contributed by atoms with van der Waals surface area (Å²) in [6.07, 6.45) is 0. The standard InChI is InChI=1S/C7H9NO2/c1-5(9)7(2-8)6-3-10-4-6/h6-7H,3-4H2,1H3. The van der Waals surface area contributed by atoms with Gasteiger partial charge in [-0.1, -0.05) is 0 Å². The molecule has 1 unspecified atom stereocenters. The topological polar surface area (TPSA) is 50.1 Å². The summed E-state index contributed by atoms with van der Waals surface area (Å²) < 4.78 is 4.86. The quantitative estimate of drug-likeness (QED) is 0.555. The Bertz CT molecular complexity index is 179. The molecule has 10 heavy (non-hydrogen) atoms. The molecule has 1 heterocycles. The highest BCUT2D eigenvalue weighted by molar-refractivity contribution is 5.81. The van der Waals surface area contributed by atoms with Gasteiger partial charge in [-0.15, -0.1) is 0 Å². The van der Waals surface area contributed by atoms with Crippen LogP contribution in [0, 0.1) is 23.2 Å². The number of hydrogen-bond donors (Lipinski definition) is 0. The van der Waals surface area contributed by atoms with Crippen LogP contribution in [-0.2, 0) is 9.53 Å². The molecule has 0 bridgehead atoms. The first-order valence-electron chi connectivity index (χ1n) is 3.23. The van der Waals surface area contributed by atoms with Gasteiger partial charge in [-0.3, -0.25) is 4.79 Å². The Morgan fingerprint density at radius 1 is 1.80 bits per heavy atom. The van der Waals surface area contributed by atoms with Gasteiger partial charge in [0.2, 0.25) is 0 Å². The number of ether oxygens (including phenoxy) is 1. The third-order valence-electron chi connectivity index (χ3n) is 1.71. The van der Waals surface area contributed by atoms with Gasteiger partial charge in [0.15, 0.2) is 0 Å². The number of nitrogens with zero attached hydrogens (tertiary/aromatic N) is 1. The highest BCUT2D eigenvalue weighted by Crippen LogP contribution is 2.20. The molecule has 1 aliphatic heterocycles. The van der Waals surface area contributed by atoms with E-state index in [1.165, 1.54) is 6.92 Å². The van der Waals surface area contributed by atoms with Gasteiger partial charge in [0.25, 0.3) is 0 Å². The fraction of sp³-hybridized carbons (Fsp3) is 0.714. The predicted octanol–water partition coefficient (Wildman–Crippen LogP) is 0.362. The van der Waals surface area contributed by atoms with E-state index in [2.05, 4.69) is 0 Å². The van der Waals surface area contributed by atoms with Gasteiger partial charge < -0.3 is 4.74 Å². The van der Waals surface area contributed by atoms with Gasteiger partial charge in [0, 0.05) is 5.92 Å². The van der Waals surface area contributed by atoms with Crippen LogP contribution < -0.4 is 0 Å². The molecule has 0 aromatic rings. The van der Waals surface area contributed by atoms with Gasteiger partial charge in [-0.05, 0) is 6.92 Å². The zero-order chi connectivity index (χ0) is 7.56. The van der Waals surface area contributed by atoms with E-state index >= 15 is 0 Å². The first kappa shape index (κ1) is 7.23. The molecule has 0 spiro atoms. The molecule has 54 valence electrons. The summed E-state index contributed by atoms with van der Waals surface area (Å²) in [6, 6.07) is 1.97. The van der Waals surface area contributed by atoms with E-state index in [1.807, 2.05) is 6.07 Å². The van der Waals surface area contributed by atoms with Crippen molar-refractivity contribution in [2.45, 2.75) is 6.92 Å². The van der Waals surface area contributed by atoms with E-state index in [0.717, 1.165) is 0 Å². The largest absolute Gasteiger partial charge is 0.381 e. The Kier molecular flexibility index (Phi) is 2.03. The second-order valence-electron chi connectivity index (χ2n) is 2.51. The van der Waals surface area contributed by atoms with Gasteiger partial charge >= 0.3 is 0 Å². The summed E-state index contributed by atoms with van der Waals surface area (Å²) >= 11 is 0. The molecular formula is C7H9NO2. The highest BCUT2D eigenvalue weighted by atomic mass is 16.5. The Labute approximate surface area is 59.6 Å². The Morgan fingerprint density at radius 3 is 2.50 bits per heavy atom. The van der Waals surface area contributed by atoms with Crippen LogP contribution in [0.25, 0.3) is 0 Å². The molecule has 1 saturated heterocycles. The van der Waals surface area contributed by atoms with Gasteiger partial charge in [-0.2, -0.15) is 5.26 Å². The van der Waals surface area contributed by atoms with Crippen molar-refractivity contribution in [1.29, 1.82) is 5.26 Å². The summed E-state index contributed by atoms with van der Waals surface area (Å²) in [5.74, 6) is -0.327. The van der Waals surface area contributed by atoms with Crippen LogP contribution in [-0.4, -0.2) is 19.0 Å². The van der Waals surface area contributed by atoms with Crippen LogP contribution >= 0.6 is 0 Å². The molecular weight excluding hydrogens is 130 g/mol. The lowest BCUT2D eigenvalue weighted by molar-refractivity contribution is -0.127. The van der Waals surface area contributed by atoms with Crippen molar-refractivity contribution in [3.05, 3.63) is 0 Å². The van der Waals surface area contributed by atoms with Crippen LogP contribution in [0.4, 0.5) is 0 Å². The number of rotatable bonds is 2. The highest BCUT2D eigenvalue weighted by Gasteiger charge is 2.31. The Morgan fingerprint density at radius 2 is 2.40 bits per heavy atom. The molecule has 0 amide bonds. The smallest absolute Gasteiger partial charge is 0.147 e. The number of hydrogen-bond acceptors (Lipinski definition) is 3. The van der Waals surface area contributed by atoms with Crippen LogP contribution in [0.5, 0.6) is 0 Å². The monoisotopic (exact) mass is 139 g/mol. The zero-order valence-corrected chi connectivity index (χ0v) is 5.83. The summed E-state index contributed by atoms with van der Waals surface area (Å²) in [4.78, 5) is 10.7. The number of ketones is 1. The molecule has 0 radical (unpaired) electrons. The molecule has 0 saturated carbocycles. The third-order valence-corrected chi connectivity index (χ3v) is 1.71. The number of Topliss-reactive ketones (excluding diaryl/α,β-unsaturated/α-hetero) is 1.